The maximum Gasteiger partial charge on any atom is 0.216 e. The summed E-state index contributed by atoms with van der Waals surface area (Å²) in [7, 11) is 0. The fourth-order valence-electron chi connectivity index (χ4n) is 2.73. The van der Waals surface area contributed by atoms with Crippen LogP contribution in [-0.2, 0) is 6.42 Å². The molecule has 0 spiro atoms. The van der Waals surface area contributed by atoms with E-state index in [1.807, 2.05) is 57.2 Å². The van der Waals surface area contributed by atoms with Crippen molar-refractivity contribution in [2.24, 2.45) is 4.99 Å². The fourth-order valence-corrected chi connectivity index (χ4v) is 2.73. The van der Waals surface area contributed by atoms with Gasteiger partial charge in [0.05, 0.1) is 12.8 Å². The van der Waals surface area contributed by atoms with E-state index in [0.29, 0.717) is 31.1 Å². The second kappa shape index (κ2) is 10.3. The van der Waals surface area contributed by atoms with Gasteiger partial charge >= 0.3 is 0 Å². The molecule has 0 aliphatic heterocycles. The molecule has 8 nitrogen and oxygen atoms in total. The first-order valence-corrected chi connectivity index (χ1v) is 9.85. The van der Waals surface area contributed by atoms with E-state index >= 15 is 0 Å². The van der Waals surface area contributed by atoms with Crippen molar-refractivity contribution in [3.05, 3.63) is 54.0 Å². The van der Waals surface area contributed by atoms with Crippen molar-refractivity contribution in [1.29, 1.82) is 0 Å². The highest BCUT2D eigenvalue weighted by Crippen LogP contribution is 2.17. The standard InChI is InChI=1S/C21H28N6O2/c1-4-22-21(24-14-16(3)29-17-9-6-5-8-15(17)2)23-12-11-19-25-20(27-26-19)18-10-7-13-28-18/h5-10,13,16H,4,11-12,14H2,1-3H3,(H2,22,23,24)(H,25,26,27). The van der Waals surface area contributed by atoms with E-state index in [1.54, 1.807) is 6.26 Å². The van der Waals surface area contributed by atoms with Gasteiger partial charge in [-0.3, -0.25) is 5.10 Å². The Hall–Kier alpha value is -3.29. The lowest BCUT2D eigenvalue weighted by Crippen LogP contribution is -2.39. The molecule has 0 saturated carbocycles. The Balaban J connectivity index is 1.48. The number of furan rings is 1. The highest BCUT2D eigenvalue weighted by atomic mass is 16.5. The molecular formula is C21H28N6O2. The molecule has 2 heterocycles. The van der Waals surface area contributed by atoms with Gasteiger partial charge in [-0.25, -0.2) is 9.98 Å². The Morgan fingerprint density at radius 3 is 2.86 bits per heavy atom. The van der Waals surface area contributed by atoms with Crippen LogP contribution < -0.4 is 15.4 Å². The average Bonchev–Trinajstić information content (AvgIpc) is 3.39. The molecule has 1 atom stereocenters. The van der Waals surface area contributed by atoms with Gasteiger partial charge < -0.3 is 19.8 Å². The van der Waals surface area contributed by atoms with Crippen molar-refractivity contribution in [2.75, 3.05) is 19.6 Å². The maximum atomic E-state index is 5.99. The molecule has 29 heavy (non-hydrogen) atoms. The third kappa shape index (κ3) is 6.10. The summed E-state index contributed by atoms with van der Waals surface area (Å²) in [6.07, 6.45) is 2.26. The highest BCUT2D eigenvalue weighted by molar-refractivity contribution is 5.79. The number of nitrogens with zero attached hydrogens (tertiary/aromatic N) is 3. The van der Waals surface area contributed by atoms with E-state index < -0.39 is 0 Å². The molecule has 0 aliphatic carbocycles. The SMILES string of the molecule is CCNC(=NCC(C)Oc1ccccc1C)NCCc1nc(-c2ccco2)n[nH]1. The molecule has 3 N–H and O–H groups in total. The molecule has 3 aromatic rings. The minimum Gasteiger partial charge on any atom is -0.489 e. The Labute approximate surface area is 170 Å². The van der Waals surface area contributed by atoms with Gasteiger partial charge in [-0.1, -0.05) is 18.2 Å². The molecule has 3 rings (SSSR count). The minimum atomic E-state index is -0.0308. The molecule has 1 unspecified atom stereocenters. The van der Waals surface area contributed by atoms with Gasteiger partial charge in [-0.15, -0.1) is 0 Å². The van der Waals surface area contributed by atoms with Gasteiger partial charge in [0.15, 0.2) is 11.7 Å². The summed E-state index contributed by atoms with van der Waals surface area (Å²) < 4.78 is 11.3. The lowest BCUT2D eigenvalue weighted by atomic mass is 10.2. The summed E-state index contributed by atoms with van der Waals surface area (Å²) >= 11 is 0. The van der Waals surface area contributed by atoms with Crippen molar-refractivity contribution in [2.45, 2.75) is 33.3 Å². The second-order valence-corrected chi connectivity index (χ2v) is 6.67. The Kier molecular flexibility index (Phi) is 7.27. The number of guanidine groups is 1. The monoisotopic (exact) mass is 396 g/mol. The van der Waals surface area contributed by atoms with E-state index in [9.17, 15) is 0 Å². The van der Waals surface area contributed by atoms with E-state index in [1.165, 1.54) is 0 Å². The zero-order valence-electron chi connectivity index (χ0n) is 17.1. The average molecular weight is 396 g/mol. The van der Waals surface area contributed by atoms with E-state index in [2.05, 4.69) is 30.8 Å². The molecule has 0 saturated heterocycles. The van der Waals surface area contributed by atoms with Crippen LogP contribution in [0.5, 0.6) is 5.75 Å². The number of hydrogen-bond acceptors (Lipinski definition) is 5. The van der Waals surface area contributed by atoms with Gasteiger partial charge in [0.2, 0.25) is 5.82 Å². The number of aromatic amines is 1. The first-order chi connectivity index (χ1) is 14.2. The molecule has 8 heteroatoms. The van der Waals surface area contributed by atoms with Crippen molar-refractivity contribution in [3.63, 3.8) is 0 Å². The number of ether oxygens (including phenoxy) is 1. The Morgan fingerprint density at radius 1 is 1.24 bits per heavy atom. The molecule has 0 aliphatic rings. The molecule has 154 valence electrons. The van der Waals surface area contributed by atoms with Crippen LogP contribution in [-0.4, -0.2) is 46.9 Å². The normalized spacial score (nSPS) is 12.6. The minimum absolute atomic E-state index is 0.0308. The number of nitrogens with one attached hydrogen (secondary N) is 3. The molecule has 2 aromatic heterocycles. The van der Waals surface area contributed by atoms with Gasteiger partial charge in [0.1, 0.15) is 17.7 Å². The Bertz CT molecular complexity index is 904. The van der Waals surface area contributed by atoms with Crippen LogP contribution in [0.3, 0.4) is 0 Å². The quantitative estimate of drug-likeness (QED) is 0.380. The molecule has 1 aromatic carbocycles. The fraction of sp³-hybridized carbons (Fsp3) is 0.381. The smallest absolute Gasteiger partial charge is 0.216 e. The predicted molar refractivity (Wildman–Crippen MR) is 113 cm³/mol. The second-order valence-electron chi connectivity index (χ2n) is 6.67. The van der Waals surface area contributed by atoms with Crippen molar-refractivity contribution < 1.29 is 9.15 Å². The number of aliphatic imine (C=N–C) groups is 1. The first kappa shape index (κ1) is 20.4. The van der Waals surface area contributed by atoms with Crippen LogP contribution in [0.15, 0.2) is 52.1 Å². The van der Waals surface area contributed by atoms with Gasteiger partial charge in [0, 0.05) is 19.5 Å². The number of aryl methyl sites for hydroxylation is 1. The molecule has 0 radical (unpaired) electrons. The third-order valence-electron chi connectivity index (χ3n) is 4.20. The van der Waals surface area contributed by atoms with Gasteiger partial charge in [-0.2, -0.15) is 5.10 Å². The summed E-state index contributed by atoms with van der Waals surface area (Å²) in [4.78, 5) is 9.07. The number of benzene rings is 1. The highest BCUT2D eigenvalue weighted by Gasteiger charge is 2.09. The van der Waals surface area contributed by atoms with Crippen molar-refractivity contribution in [1.82, 2.24) is 25.8 Å². The molecule has 0 bridgehead atoms. The van der Waals surface area contributed by atoms with E-state index in [-0.39, 0.29) is 6.10 Å². The van der Waals surface area contributed by atoms with Crippen LogP contribution >= 0.6 is 0 Å². The first-order valence-electron chi connectivity index (χ1n) is 9.85. The van der Waals surface area contributed by atoms with Crippen LogP contribution in [0, 0.1) is 6.92 Å². The topological polar surface area (TPSA) is 100 Å². The molecule has 0 amide bonds. The summed E-state index contributed by atoms with van der Waals surface area (Å²) in [5, 5.41) is 13.7. The maximum absolute atomic E-state index is 5.99. The van der Waals surface area contributed by atoms with Crippen molar-refractivity contribution in [3.8, 4) is 17.3 Å². The number of aromatic nitrogens is 3. The number of para-hydroxylation sites is 1. The summed E-state index contributed by atoms with van der Waals surface area (Å²) in [6, 6.07) is 11.7. The Morgan fingerprint density at radius 2 is 2.10 bits per heavy atom. The van der Waals surface area contributed by atoms with Crippen molar-refractivity contribution >= 4 is 5.96 Å². The van der Waals surface area contributed by atoms with E-state index in [0.717, 1.165) is 29.6 Å². The molecular weight excluding hydrogens is 368 g/mol. The lowest BCUT2D eigenvalue weighted by molar-refractivity contribution is 0.228. The largest absolute Gasteiger partial charge is 0.489 e. The lowest BCUT2D eigenvalue weighted by Gasteiger charge is -2.16. The van der Waals surface area contributed by atoms with Gasteiger partial charge in [-0.05, 0) is 44.5 Å². The number of rotatable bonds is 9. The van der Waals surface area contributed by atoms with Crippen LogP contribution in [0.2, 0.25) is 0 Å². The number of H-pyrrole nitrogens is 1. The summed E-state index contributed by atoms with van der Waals surface area (Å²) in [6.45, 7) is 8.10. The summed E-state index contributed by atoms with van der Waals surface area (Å²) in [5.74, 6) is 3.64. The summed E-state index contributed by atoms with van der Waals surface area (Å²) in [5.41, 5.74) is 1.12. The zero-order valence-corrected chi connectivity index (χ0v) is 17.1. The van der Waals surface area contributed by atoms with Crippen LogP contribution in [0.4, 0.5) is 0 Å². The zero-order chi connectivity index (χ0) is 20.5. The number of hydrogen-bond donors (Lipinski definition) is 3. The van der Waals surface area contributed by atoms with Crippen LogP contribution in [0.25, 0.3) is 11.6 Å². The third-order valence-corrected chi connectivity index (χ3v) is 4.20. The van der Waals surface area contributed by atoms with Gasteiger partial charge in [0.25, 0.3) is 0 Å². The predicted octanol–water partition coefficient (Wildman–Crippen LogP) is 2.94. The van der Waals surface area contributed by atoms with Crippen LogP contribution in [0.1, 0.15) is 25.2 Å². The molecule has 0 fully saturated rings. The van der Waals surface area contributed by atoms with E-state index in [4.69, 9.17) is 9.15 Å².